The van der Waals surface area contributed by atoms with Gasteiger partial charge in [-0.2, -0.15) is 5.26 Å². The molecule has 7 nitrogen and oxygen atoms in total. The lowest BCUT2D eigenvalue weighted by atomic mass is 9.70. The molecule has 0 saturated heterocycles. The maximum atomic E-state index is 13.2. The van der Waals surface area contributed by atoms with Gasteiger partial charge in [-0.15, -0.1) is 0 Å². The number of nitrogens with zero attached hydrogens (tertiary/aromatic N) is 1. The molecule has 1 heterocycles. The van der Waals surface area contributed by atoms with Gasteiger partial charge >= 0.3 is 0 Å². The van der Waals surface area contributed by atoms with E-state index in [9.17, 15) is 14.9 Å². The first-order chi connectivity index (χ1) is 16.7. The van der Waals surface area contributed by atoms with Gasteiger partial charge in [0.2, 0.25) is 5.88 Å². The highest BCUT2D eigenvalue weighted by atomic mass is 16.5. The molecule has 1 aliphatic heterocycles. The number of anilines is 1. The van der Waals surface area contributed by atoms with Gasteiger partial charge < -0.3 is 20.5 Å². The number of nitrogens with one attached hydrogen (secondary N) is 1. The number of amides is 1. The number of nitrogens with two attached hydrogens (primary N) is 1. The molecular formula is C28H29N3O4. The van der Waals surface area contributed by atoms with Gasteiger partial charge in [-0.05, 0) is 35.6 Å². The minimum Gasteiger partial charge on any atom is -0.483 e. The van der Waals surface area contributed by atoms with E-state index < -0.39 is 5.92 Å². The average Bonchev–Trinajstić information content (AvgIpc) is 2.82. The van der Waals surface area contributed by atoms with E-state index >= 15 is 0 Å². The zero-order chi connectivity index (χ0) is 25.2. The standard InChI is InChI=1S/C28H29N3O4/c1-4-17-9-11-18(12-10-17)31-24(33)16-34-22-8-6-5-7-19(22)25-20(15-29)27(30)35-23-14-28(2,3)13-21(32)26(23)25/h5-12,25H,4,13-14,16,30H2,1-3H3,(H,31,33). The van der Waals surface area contributed by atoms with Crippen molar-refractivity contribution in [2.45, 2.75) is 46.0 Å². The molecule has 3 N–H and O–H groups in total. The summed E-state index contributed by atoms with van der Waals surface area (Å²) in [7, 11) is 0. The van der Waals surface area contributed by atoms with Gasteiger partial charge in [0.25, 0.3) is 5.91 Å². The van der Waals surface area contributed by atoms with Crippen LogP contribution in [0.25, 0.3) is 0 Å². The molecule has 1 aliphatic carbocycles. The van der Waals surface area contributed by atoms with E-state index in [2.05, 4.69) is 18.3 Å². The third-order valence-corrected chi connectivity index (χ3v) is 6.31. The summed E-state index contributed by atoms with van der Waals surface area (Å²) in [6.07, 6.45) is 1.79. The highest BCUT2D eigenvalue weighted by molar-refractivity contribution is 6.00. The molecule has 7 heteroatoms. The van der Waals surface area contributed by atoms with Gasteiger partial charge in [0.1, 0.15) is 23.2 Å². The summed E-state index contributed by atoms with van der Waals surface area (Å²) in [5.74, 6) is -0.221. The van der Waals surface area contributed by atoms with Crippen molar-refractivity contribution in [3.63, 3.8) is 0 Å². The first-order valence-corrected chi connectivity index (χ1v) is 11.7. The van der Waals surface area contributed by atoms with E-state index in [0.717, 1.165) is 6.42 Å². The molecule has 180 valence electrons. The third-order valence-electron chi connectivity index (χ3n) is 6.31. The molecule has 1 amide bonds. The second-order valence-corrected chi connectivity index (χ2v) is 9.63. The second kappa shape index (κ2) is 9.67. The van der Waals surface area contributed by atoms with E-state index in [1.807, 2.05) is 38.1 Å². The SMILES string of the molecule is CCc1ccc(NC(=O)COc2ccccc2C2C(C#N)=C(N)OC3=C2C(=O)CC(C)(C)C3)cc1. The number of ketones is 1. The van der Waals surface area contributed by atoms with Crippen molar-refractivity contribution in [1.29, 1.82) is 5.26 Å². The van der Waals surface area contributed by atoms with E-state index in [4.69, 9.17) is 15.2 Å². The predicted molar refractivity (Wildman–Crippen MR) is 132 cm³/mol. The lowest BCUT2D eigenvalue weighted by Crippen LogP contribution is -2.33. The van der Waals surface area contributed by atoms with Crippen LogP contribution in [0.2, 0.25) is 0 Å². The summed E-state index contributed by atoms with van der Waals surface area (Å²) in [5.41, 5.74) is 8.90. The Bertz CT molecular complexity index is 1270. The molecule has 0 saturated carbocycles. The number of carbonyl (C=O) groups excluding carboxylic acids is 2. The maximum Gasteiger partial charge on any atom is 0.262 e. The highest BCUT2D eigenvalue weighted by Crippen LogP contribution is 2.49. The Hall–Kier alpha value is -4.05. The van der Waals surface area contributed by atoms with Crippen LogP contribution in [0.4, 0.5) is 5.69 Å². The molecule has 0 radical (unpaired) electrons. The Labute approximate surface area is 205 Å². The number of para-hydroxylation sites is 1. The minimum absolute atomic E-state index is 0.00942. The van der Waals surface area contributed by atoms with Gasteiger partial charge in [0.15, 0.2) is 12.4 Å². The summed E-state index contributed by atoms with van der Waals surface area (Å²) in [6.45, 7) is 5.83. The maximum absolute atomic E-state index is 13.2. The van der Waals surface area contributed by atoms with Crippen LogP contribution in [0.15, 0.2) is 71.3 Å². The summed E-state index contributed by atoms with van der Waals surface area (Å²) >= 11 is 0. The van der Waals surface area contributed by atoms with E-state index in [1.165, 1.54) is 5.56 Å². The molecule has 2 aliphatic rings. The van der Waals surface area contributed by atoms with Crippen LogP contribution in [0, 0.1) is 16.7 Å². The lowest BCUT2D eigenvalue weighted by molar-refractivity contribution is -0.119. The number of hydrogen-bond acceptors (Lipinski definition) is 6. The summed E-state index contributed by atoms with van der Waals surface area (Å²) in [5, 5.41) is 12.7. The minimum atomic E-state index is -0.715. The van der Waals surface area contributed by atoms with E-state index in [-0.39, 0.29) is 35.2 Å². The van der Waals surface area contributed by atoms with Crippen molar-refractivity contribution < 1.29 is 19.1 Å². The number of aryl methyl sites for hydroxylation is 1. The highest BCUT2D eigenvalue weighted by Gasteiger charge is 2.43. The van der Waals surface area contributed by atoms with Crippen molar-refractivity contribution in [1.82, 2.24) is 0 Å². The van der Waals surface area contributed by atoms with Crippen molar-refractivity contribution in [3.05, 3.63) is 82.4 Å². The number of carbonyl (C=O) groups is 2. The molecule has 1 atom stereocenters. The summed E-state index contributed by atoms with van der Waals surface area (Å²) in [6, 6.07) is 16.8. The van der Waals surface area contributed by atoms with Gasteiger partial charge in [0, 0.05) is 29.7 Å². The Morgan fingerprint density at radius 2 is 1.91 bits per heavy atom. The van der Waals surface area contributed by atoms with E-state index in [1.54, 1.807) is 24.3 Å². The molecule has 0 bridgehead atoms. The third kappa shape index (κ3) is 5.07. The summed E-state index contributed by atoms with van der Waals surface area (Å²) in [4.78, 5) is 25.8. The predicted octanol–water partition coefficient (Wildman–Crippen LogP) is 4.72. The number of nitriles is 1. The van der Waals surface area contributed by atoms with Gasteiger partial charge in [-0.25, -0.2) is 0 Å². The fourth-order valence-corrected chi connectivity index (χ4v) is 4.61. The van der Waals surface area contributed by atoms with E-state index in [0.29, 0.717) is 41.2 Å². The number of rotatable bonds is 6. The Balaban J connectivity index is 1.61. The molecule has 0 fully saturated rings. The molecule has 0 spiro atoms. The Morgan fingerprint density at radius 1 is 1.20 bits per heavy atom. The number of ether oxygens (including phenoxy) is 2. The number of benzene rings is 2. The molecule has 4 rings (SSSR count). The number of Topliss-reactive ketones (excluding diaryl/α,β-unsaturated/α-hetero) is 1. The first kappa shape index (κ1) is 24.1. The zero-order valence-electron chi connectivity index (χ0n) is 20.2. The van der Waals surface area contributed by atoms with Crippen LogP contribution < -0.4 is 15.8 Å². The molecule has 1 unspecified atom stereocenters. The van der Waals surface area contributed by atoms with Crippen molar-refractivity contribution in [2.24, 2.45) is 11.1 Å². The number of allylic oxidation sites excluding steroid dienone is 3. The molecule has 0 aromatic heterocycles. The van der Waals surface area contributed by atoms with Gasteiger partial charge in [-0.1, -0.05) is 51.1 Å². The van der Waals surface area contributed by atoms with Crippen molar-refractivity contribution >= 4 is 17.4 Å². The number of hydrogen-bond donors (Lipinski definition) is 2. The topological polar surface area (TPSA) is 114 Å². The fourth-order valence-electron chi connectivity index (χ4n) is 4.61. The van der Waals surface area contributed by atoms with Crippen LogP contribution in [-0.4, -0.2) is 18.3 Å². The van der Waals surface area contributed by atoms with Crippen molar-refractivity contribution in [2.75, 3.05) is 11.9 Å². The Kier molecular flexibility index (Phi) is 6.65. The van der Waals surface area contributed by atoms with Gasteiger partial charge in [0.05, 0.1) is 5.92 Å². The largest absolute Gasteiger partial charge is 0.483 e. The lowest BCUT2D eigenvalue weighted by Gasteiger charge is -2.37. The zero-order valence-corrected chi connectivity index (χ0v) is 20.2. The van der Waals surface area contributed by atoms with Crippen LogP contribution >= 0.6 is 0 Å². The molecule has 2 aromatic carbocycles. The average molecular weight is 472 g/mol. The second-order valence-electron chi connectivity index (χ2n) is 9.63. The first-order valence-electron chi connectivity index (χ1n) is 11.7. The Morgan fingerprint density at radius 3 is 2.60 bits per heavy atom. The van der Waals surface area contributed by atoms with Gasteiger partial charge in [-0.3, -0.25) is 9.59 Å². The summed E-state index contributed by atoms with van der Waals surface area (Å²) < 4.78 is 11.7. The quantitative estimate of drug-likeness (QED) is 0.630. The van der Waals surface area contributed by atoms with Crippen LogP contribution in [-0.2, 0) is 20.7 Å². The monoisotopic (exact) mass is 471 g/mol. The normalized spacial score (nSPS) is 18.9. The van der Waals surface area contributed by atoms with Crippen LogP contribution in [0.5, 0.6) is 5.75 Å². The van der Waals surface area contributed by atoms with Crippen molar-refractivity contribution in [3.8, 4) is 11.8 Å². The molecule has 2 aromatic rings. The molecule has 35 heavy (non-hydrogen) atoms. The van der Waals surface area contributed by atoms with Crippen LogP contribution in [0.3, 0.4) is 0 Å². The van der Waals surface area contributed by atoms with Crippen LogP contribution in [0.1, 0.15) is 50.7 Å². The fraction of sp³-hybridized carbons (Fsp3) is 0.321. The molecular weight excluding hydrogens is 442 g/mol. The smallest absolute Gasteiger partial charge is 0.262 e.